The number of rotatable bonds is 5. The lowest BCUT2D eigenvalue weighted by atomic mass is 9.86. The zero-order valence-electron chi connectivity index (χ0n) is 6.07. The number of halogens is 1. The van der Waals surface area contributed by atoms with Gasteiger partial charge in [-0.3, -0.25) is 0 Å². The third kappa shape index (κ3) is 7.09. The molecule has 0 saturated carbocycles. The van der Waals surface area contributed by atoms with Crippen molar-refractivity contribution in [1.29, 1.82) is 0 Å². The minimum atomic E-state index is -1.41. The van der Waals surface area contributed by atoms with Crippen LogP contribution in [0.15, 0.2) is 24.9 Å². The first-order valence-electron chi connectivity index (χ1n) is 3.20. The van der Waals surface area contributed by atoms with Gasteiger partial charge in [0.2, 0.25) is 0 Å². The predicted octanol–water partition coefficient (Wildman–Crippen LogP) is 0.0441. The third-order valence-corrected chi connectivity index (χ3v) is 0.929. The Hall–Kier alpha value is -0.805. The van der Waals surface area contributed by atoms with E-state index in [9.17, 15) is 4.39 Å². The summed E-state index contributed by atoms with van der Waals surface area (Å²) in [5, 5.41) is 18.9. The Kier molecular flexibility index (Phi) is 5.51. The molecule has 0 spiro atoms. The molecule has 62 valence electrons. The Labute approximate surface area is 65.4 Å². The van der Waals surface area contributed by atoms with Gasteiger partial charge in [-0.1, -0.05) is 12.7 Å². The summed E-state index contributed by atoms with van der Waals surface area (Å²) in [5.41, 5.74) is 0. The quantitative estimate of drug-likeness (QED) is 0.301. The highest BCUT2D eigenvalue weighted by Crippen LogP contribution is 1.92. The van der Waals surface area contributed by atoms with Crippen LogP contribution in [0.1, 0.15) is 0 Å². The van der Waals surface area contributed by atoms with Gasteiger partial charge >= 0.3 is 7.12 Å². The Balaban J connectivity index is 3.47. The molecule has 0 bridgehead atoms. The van der Waals surface area contributed by atoms with E-state index in [1.807, 2.05) is 0 Å². The average molecular weight is 159 g/mol. The minimum absolute atomic E-state index is 0.0270. The van der Waals surface area contributed by atoms with E-state index in [0.29, 0.717) is 0 Å². The zero-order chi connectivity index (χ0) is 8.69. The van der Waals surface area contributed by atoms with Crippen LogP contribution in [0.5, 0.6) is 0 Å². The second kappa shape index (κ2) is 5.94. The molecule has 11 heavy (non-hydrogen) atoms. The molecule has 0 aromatic carbocycles. The predicted molar refractivity (Wildman–Crippen MR) is 42.4 cm³/mol. The van der Waals surface area contributed by atoms with Crippen LogP contribution >= 0.6 is 0 Å². The molecule has 0 aromatic rings. The van der Waals surface area contributed by atoms with Crippen molar-refractivity contribution >= 4 is 7.12 Å². The lowest BCUT2D eigenvalue weighted by molar-refractivity contribution is 0.366. The first-order chi connectivity index (χ1) is 5.16. The van der Waals surface area contributed by atoms with Gasteiger partial charge in [-0.05, 0) is 12.3 Å². The van der Waals surface area contributed by atoms with E-state index in [-0.39, 0.29) is 6.32 Å². The molecule has 0 saturated heterocycles. The van der Waals surface area contributed by atoms with Crippen molar-refractivity contribution in [1.82, 2.24) is 5.32 Å². The summed E-state index contributed by atoms with van der Waals surface area (Å²) in [4.78, 5) is 0. The molecule has 0 rings (SSSR count). The number of hydrogen-bond acceptors (Lipinski definition) is 3. The van der Waals surface area contributed by atoms with E-state index in [0.717, 1.165) is 0 Å². The summed E-state index contributed by atoms with van der Waals surface area (Å²) < 4.78 is 12.4. The molecule has 0 amide bonds. The van der Waals surface area contributed by atoms with Crippen molar-refractivity contribution in [3.05, 3.63) is 24.9 Å². The molecule has 0 aliphatic rings. The maximum atomic E-state index is 12.4. The van der Waals surface area contributed by atoms with Gasteiger partial charge < -0.3 is 15.4 Å². The van der Waals surface area contributed by atoms with Crippen LogP contribution in [0, 0.1) is 0 Å². The standard InChI is InChI=1S/C6H11BFNO2/c1-2-9-6(8)4-3-5-7(10)11/h2-4,6,9-11H,1,5H2/b4-3-/t6-/m0/s1. The number of alkyl halides is 1. The van der Waals surface area contributed by atoms with Crippen LogP contribution in [-0.4, -0.2) is 23.5 Å². The van der Waals surface area contributed by atoms with Crippen LogP contribution < -0.4 is 5.32 Å². The Morgan fingerprint density at radius 2 is 2.27 bits per heavy atom. The SMILES string of the molecule is C=CN[C@H](F)/C=C\CB(O)O. The topological polar surface area (TPSA) is 52.5 Å². The van der Waals surface area contributed by atoms with Crippen molar-refractivity contribution in [3.8, 4) is 0 Å². The van der Waals surface area contributed by atoms with Crippen LogP contribution in [0.3, 0.4) is 0 Å². The normalized spacial score (nSPS) is 13.0. The highest BCUT2D eigenvalue weighted by Gasteiger charge is 2.02. The molecule has 5 heteroatoms. The second-order valence-electron chi connectivity index (χ2n) is 1.92. The fourth-order valence-electron chi connectivity index (χ4n) is 0.488. The van der Waals surface area contributed by atoms with Gasteiger partial charge in [0.15, 0.2) is 6.30 Å². The molecule has 0 radical (unpaired) electrons. The van der Waals surface area contributed by atoms with Crippen LogP contribution in [0.2, 0.25) is 6.32 Å². The fraction of sp³-hybridized carbons (Fsp3) is 0.333. The van der Waals surface area contributed by atoms with Crippen molar-refractivity contribution in [2.75, 3.05) is 0 Å². The highest BCUT2D eigenvalue weighted by molar-refractivity contribution is 6.41. The lowest BCUT2D eigenvalue weighted by Gasteiger charge is -1.99. The number of allylic oxidation sites excluding steroid dienone is 1. The maximum absolute atomic E-state index is 12.4. The van der Waals surface area contributed by atoms with Crippen molar-refractivity contribution in [2.45, 2.75) is 12.6 Å². The van der Waals surface area contributed by atoms with Gasteiger partial charge in [-0.25, -0.2) is 4.39 Å². The van der Waals surface area contributed by atoms with Crippen molar-refractivity contribution in [2.24, 2.45) is 0 Å². The molecule has 0 aromatic heterocycles. The average Bonchev–Trinajstić information content (AvgIpc) is 1.87. The Bertz CT molecular complexity index is 141. The van der Waals surface area contributed by atoms with E-state index < -0.39 is 13.4 Å². The van der Waals surface area contributed by atoms with Gasteiger partial charge in [-0.2, -0.15) is 0 Å². The molecule has 0 unspecified atom stereocenters. The van der Waals surface area contributed by atoms with E-state index in [1.54, 1.807) is 0 Å². The molecular formula is C6H11BFNO2. The van der Waals surface area contributed by atoms with Crippen molar-refractivity contribution < 1.29 is 14.4 Å². The van der Waals surface area contributed by atoms with Gasteiger partial charge in [0.05, 0.1) is 0 Å². The van der Waals surface area contributed by atoms with E-state index in [1.165, 1.54) is 18.4 Å². The van der Waals surface area contributed by atoms with Gasteiger partial charge in [-0.15, -0.1) is 0 Å². The smallest absolute Gasteiger partial charge is 0.427 e. The van der Waals surface area contributed by atoms with Gasteiger partial charge in [0.1, 0.15) is 0 Å². The second-order valence-corrected chi connectivity index (χ2v) is 1.92. The largest absolute Gasteiger partial charge is 0.455 e. The Morgan fingerprint density at radius 1 is 1.64 bits per heavy atom. The molecule has 3 nitrogen and oxygen atoms in total. The lowest BCUT2D eigenvalue weighted by Crippen LogP contribution is -2.15. The molecule has 3 N–H and O–H groups in total. The summed E-state index contributed by atoms with van der Waals surface area (Å²) in [6, 6.07) is 0. The molecule has 0 aliphatic heterocycles. The number of hydrogen-bond donors (Lipinski definition) is 3. The first-order valence-corrected chi connectivity index (χ1v) is 3.20. The van der Waals surface area contributed by atoms with Crippen LogP contribution in [0.25, 0.3) is 0 Å². The van der Waals surface area contributed by atoms with Gasteiger partial charge in [0.25, 0.3) is 0 Å². The maximum Gasteiger partial charge on any atom is 0.455 e. The molecule has 1 atom stereocenters. The molecule has 0 aliphatic carbocycles. The van der Waals surface area contributed by atoms with Crippen molar-refractivity contribution in [3.63, 3.8) is 0 Å². The third-order valence-electron chi connectivity index (χ3n) is 0.929. The summed E-state index contributed by atoms with van der Waals surface area (Å²) in [5.74, 6) is 0. The van der Waals surface area contributed by atoms with Gasteiger partial charge in [0, 0.05) is 6.32 Å². The summed E-state index contributed by atoms with van der Waals surface area (Å²) in [6.07, 6.45) is 2.46. The molecule has 0 heterocycles. The van der Waals surface area contributed by atoms with Crippen LogP contribution in [0.4, 0.5) is 4.39 Å². The zero-order valence-corrected chi connectivity index (χ0v) is 6.07. The van der Waals surface area contributed by atoms with E-state index in [2.05, 4.69) is 11.9 Å². The summed E-state index contributed by atoms with van der Waals surface area (Å²) in [7, 11) is -1.41. The fourth-order valence-corrected chi connectivity index (χ4v) is 0.488. The van der Waals surface area contributed by atoms with E-state index >= 15 is 0 Å². The van der Waals surface area contributed by atoms with Crippen LogP contribution in [-0.2, 0) is 0 Å². The first kappa shape index (κ1) is 10.2. The Morgan fingerprint density at radius 3 is 2.73 bits per heavy atom. The summed E-state index contributed by atoms with van der Waals surface area (Å²) >= 11 is 0. The number of nitrogens with one attached hydrogen (secondary N) is 1. The minimum Gasteiger partial charge on any atom is -0.427 e. The van der Waals surface area contributed by atoms with E-state index in [4.69, 9.17) is 10.0 Å². The summed E-state index contributed by atoms with van der Waals surface area (Å²) in [6.45, 7) is 3.26. The molecule has 0 fully saturated rings. The monoisotopic (exact) mass is 159 g/mol. The highest BCUT2D eigenvalue weighted by atomic mass is 19.1. The molecular weight excluding hydrogens is 148 g/mol.